The molecule has 1 heterocycles. The Kier molecular flexibility index (Phi) is 9.36. The molecule has 1 aromatic carbocycles. The van der Waals surface area contributed by atoms with E-state index >= 15 is 0 Å². The van der Waals surface area contributed by atoms with E-state index < -0.39 is 18.4 Å². The zero-order chi connectivity index (χ0) is 24.5. The lowest BCUT2D eigenvalue weighted by Gasteiger charge is -2.26. The van der Waals surface area contributed by atoms with Gasteiger partial charge in [0.15, 0.2) is 0 Å². The number of ketones is 1. The largest absolute Gasteiger partial charge is 0.560 e. The monoisotopic (exact) mass is 472 g/mol. The molecule has 0 bridgehead atoms. The molecule has 1 aliphatic carbocycles. The first-order chi connectivity index (χ1) is 16.3. The molecule has 183 valence electrons. The predicted molar refractivity (Wildman–Crippen MR) is 122 cm³/mol. The number of esters is 1. The molecule has 1 amide bonds. The quantitative estimate of drug-likeness (QED) is 0.330. The summed E-state index contributed by atoms with van der Waals surface area (Å²) in [7, 11) is 1.46. The smallest absolute Gasteiger partial charge is 0.511 e. The van der Waals surface area contributed by atoms with Gasteiger partial charge in [0, 0.05) is 25.7 Å². The topological polar surface area (TPSA) is 117 Å². The van der Waals surface area contributed by atoms with E-state index in [1.807, 2.05) is 0 Å². The van der Waals surface area contributed by atoms with Crippen LogP contribution in [0.4, 0.5) is 4.79 Å². The van der Waals surface area contributed by atoms with Crippen LogP contribution in [0.3, 0.4) is 0 Å². The second-order valence-electron chi connectivity index (χ2n) is 8.70. The Hall–Kier alpha value is -3.04. The third kappa shape index (κ3) is 7.78. The van der Waals surface area contributed by atoms with Crippen molar-refractivity contribution in [2.75, 3.05) is 0 Å². The van der Waals surface area contributed by atoms with Gasteiger partial charge in [0.25, 0.3) is 0 Å². The number of carbonyl (C=O) groups excluding carboxylic acids is 4. The summed E-state index contributed by atoms with van der Waals surface area (Å²) in [5.74, 6) is -0.840. The number of fused-ring (bicyclic) bond motifs is 1. The summed E-state index contributed by atoms with van der Waals surface area (Å²) in [5, 5.41) is 2.85. The molecule has 0 saturated heterocycles. The van der Waals surface area contributed by atoms with Crippen LogP contribution in [0.2, 0.25) is 0 Å². The summed E-state index contributed by atoms with van der Waals surface area (Å²) in [5.41, 5.74) is 0.923. The van der Waals surface area contributed by atoms with Gasteiger partial charge < -0.3 is 29.0 Å². The number of benzene rings is 1. The first-order valence-electron chi connectivity index (χ1n) is 11.8. The molecule has 1 fully saturated rings. The minimum absolute atomic E-state index is 0.0505. The summed E-state index contributed by atoms with van der Waals surface area (Å²) in [6.07, 6.45) is 4.21. The van der Waals surface area contributed by atoms with Crippen LogP contribution in [0.15, 0.2) is 18.2 Å². The average molecular weight is 472 g/mol. The number of amides is 1. The second kappa shape index (κ2) is 12.4. The van der Waals surface area contributed by atoms with E-state index in [1.54, 1.807) is 18.2 Å². The van der Waals surface area contributed by atoms with Crippen LogP contribution in [0, 0.1) is 0 Å². The molecule has 3 rings (SSSR count). The van der Waals surface area contributed by atoms with Crippen LogP contribution < -0.4 is 9.97 Å². The molecule has 2 aliphatic rings. The maximum absolute atomic E-state index is 12.7. The van der Waals surface area contributed by atoms with Gasteiger partial charge in [0.05, 0.1) is 0 Å². The number of hydrogen-bond acceptors (Lipinski definition) is 8. The van der Waals surface area contributed by atoms with Gasteiger partial charge in [0.1, 0.15) is 23.2 Å². The summed E-state index contributed by atoms with van der Waals surface area (Å²) >= 11 is 0. The Morgan fingerprint density at radius 1 is 1.12 bits per heavy atom. The highest BCUT2D eigenvalue weighted by Crippen LogP contribution is 2.29. The number of carbonyl (C=O) groups is 4. The first kappa shape index (κ1) is 25.6. The van der Waals surface area contributed by atoms with E-state index in [-0.39, 0.29) is 35.7 Å². The van der Waals surface area contributed by atoms with Crippen LogP contribution in [0.25, 0.3) is 0 Å². The number of ether oxygens (including phenoxy) is 3. The third-order valence-corrected chi connectivity index (χ3v) is 5.74. The third-order valence-electron chi connectivity index (χ3n) is 5.74. The van der Waals surface area contributed by atoms with Gasteiger partial charge >= 0.3 is 19.6 Å². The molecule has 1 radical (unpaired) electrons. The van der Waals surface area contributed by atoms with E-state index in [9.17, 15) is 19.2 Å². The Bertz CT molecular complexity index is 899. The van der Waals surface area contributed by atoms with Crippen molar-refractivity contribution in [3.8, 4) is 5.75 Å². The van der Waals surface area contributed by atoms with E-state index in [0.29, 0.717) is 25.0 Å². The molecule has 1 aromatic rings. The van der Waals surface area contributed by atoms with E-state index in [4.69, 9.17) is 18.9 Å². The zero-order valence-electron chi connectivity index (χ0n) is 19.7. The Labute approximate surface area is 200 Å². The highest BCUT2D eigenvalue weighted by Gasteiger charge is 2.29. The predicted octanol–water partition coefficient (Wildman–Crippen LogP) is 3.43. The summed E-state index contributed by atoms with van der Waals surface area (Å²) in [4.78, 5) is 47.8. The normalized spacial score (nSPS) is 18.4. The molecule has 1 N–H and O–H groups in total. The minimum Gasteiger partial charge on any atom is -0.560 e. The van der Waals surface area contributed by atoms with Crippen molar-refractivity contribution < 1.29 is 38.0 Å². The Morgan fingerprint density at radius 3 is 2.62 bits per heavy atom. The molecule has 1 saturated carbocycles. The van der Waals surface area contributed by atoms with Crippen molar-refractivity contribution in [2.45, 2.75) is 90.0 Å². The van der Waals surface area contributed by atoms with Crippen LogP contribution >= 0.6 is 0 Å². The van der Waals surface area contributed by atoms with Crippen molar-refractivity contribution in [3.05, 3.63) is 29.3 Å². The number of Topliss-reactive ketones (excluding diaryl/α,β-unsaturated/α-hetero) is 1. The van der Waals surface area contributed by atoms with Gasteiger partial charge in [-0.2, -0.15) is 0 Å². The zero-order valence-corrected chi connectivity index (χ0v) is 19.7. The van der Waals surface area contributed by atoms with Gasteiger partial charge in [-0.3, -0.25) is 4.79 Å². The van der Waals surface area contributed by atoms with Gasteiger partial charge in [-0.15, -0.1) is 0 Å². The van der Waals surface area contributed by atoms with Gasteiger partial charge in [-0.25, -0.2) is 9.59 Å². The molecular weight excluding hydrogens is 441 g/mol. The average Bonchev–Trinajstić information content (AvgIpc) is 2.78. The van der Waals surface area contributed by atoms with Crippen LogP contribution in [0.1, 0.15) is 81.1 Å². The van der Waals surface area contributed by atoms with Crippen molar-refractivity contribution in [2.24, 2.45) is 0 Å². The lowest BCUT2D eigenvalue weighted by atomic mass is 9.79. The maximum atomic E-state index is 12.7. The van der Waals surface area contributed by atoms with Crippen molar-refractivity contribution >= 4 is 31.3 Å². The van der Waals surface area contributed by atoms with Crippen molar-refractivity contribution in [1.29, 1.82) is 0 Å². The standard InChI is InChI=1S/C24H31BNO8/c1-15(27)8-6-13-21(28)26-20-14-17-9-7-12-19(22(17)34-25-20)23(29)31-16(2)32-24(30)33-18-10-4-3-5-11-18/h7,9,12,16,18,20H,3-6,8,10-11,13-14H2,1-2H3,(H,26,28). The molecule has 10 heteroatoms. The summed E-state index contributed by atoms with van der Waals surface area (Å²) in [6, 6.07) is 5.05. The second-order valence-corrected chi connectivity index (χ2v) is 8.70. The minimum atomic E-state index is -1.13. The van der Waals surface area contributed by atoms with Gasteiger partial charge in [-0.05, 0) is 57.1 Å². The lowest BCUT2D eigenvalue weighted by molar-refractivity contribution is -0.121. The molecule has 1 aliphatic heterocycles. The van der Waals surface area contributed by atoms with Gasteiger partial charge in [-0.1, -0.05) is 18.6 Å². The SMILES string of the molecule is CC(=O)CCCC(=O)NC1[B]Oc2c(cccc2C(=O)OC(C)OC(=O)OC2CCCCC2)C1. The maximum Gasteiger partial charge on any atom is 0.511 e. The molecule has 9 nitrogen and oxygen atoms in total. The molecule has 2 atom stereocenters. The van der Waals surface area contributed by atoms with Gasteiger partial charge in [0.2, 0.25) is 12.2 Å². The number of para-hydroxylation sites is 1. The van der Waals surface area contributed by atoms with E-state index in [0.717, 1.165) is 37.7 Å². The fourth-order valence-corrected chi connectivity index (χ4v) is 4.06. The van der Waals surface area contributed by atoms with Crippen molar-refractivity contribution in [3.63, 3.8) is 0 Å². The number of hydrogen-bond donors (Lipinski definition) is 1. The number of nitrogens with one attached hydrogen (secondary N) is 1. The fraction of sp³-hybridized carbons (Fsp3) is 0.583. The summed E-state index contributed by atoms with van der Waals surface area (Å²) in [6.45, 7) is 2.94. The Morgan fingerprint density at radius 2 is 1.88 bits per heavy atom. The van der Waals surface area contributed by atoms with Crippen LogP contribution in [0.5, 0.6) is 5.75 Å². The highest BCUT2D eigenvalue weighted by atomic mass is 16.8. The lowest BCUT2D eigenvalue weighted by Crippen LogP contribution is -2.45. The molecule has 0 spiro atoms. The highest BCUT2D eigenvalue weighted by molar-refractivity contribution is 6.32. The van der Waals surface area contributed by atoms with Crippen molar-refractivity contribution in [1.82, 2.24) is 5.32 Å². The fourth-order valence-electron chi connectivity index (χ4n) is 4.06. The number of rotatable bonds is 9. The van der Waals surface area contributed by atoms with Crippen LogP contribution in [-0.4, -0.2) is 49.6 Å². The summed E-state index contributed by atoms with van der Waals surface area (Å²) < 4.78 is 21.3. The molecule has 0 aromatic heterocycles. The van der Waals surface area contributed by atoms with Crippen LogP contribution in [-0.2, 0) is 30.2 Å². The van der Waals surface area contributed by atoms with E-state index in [2.05, 4.69) is 5.32 Å². The first-order valence-corrected chi connectivity index (χ1v) is 11.8. The molecule has 2 unspecified atom stereocenters. The van der Waals surface area contributed by atoms with E-state index in [1.165, 1.54) is 21.3 Å². The molecule has 34 heavy (non-hydrogen) atoms. The Balaban J connectivity index is 1.50. The molecular formula is C24H31BNO8.